The largest absolute Gasteiger partial charge is 0.352 e. The molecule has 1 aliphatic carbocycles. The van der Waals surface area contributed by atoms with Crippen LogP contribution in [-0.4, -0.2) is 52.1 Å². The van der Waals surface area contributed by atoms with Crippen LogP contribution in [0.2, 0.25) is 0 Å². The first kappa shape index (κ1) is 27.2. The quantitative estimate of drug-likeness (QED) is 0.384. The van der Waals surface area contributed by atoms with Crippen LogP contribution in [0.5, 0.6) is 0 Å². The number of nitrogens with one attached hydrogen (secondary N) is 1. The van der Waals surface area contributed by atoms with Crippen molar-refractivity contribution in [3.8, 4) is 0 Å². The topological polar surface area (TPSA) is 86.8 Å². The summed E-state index contributed by atoms with van der Waals surface area (Å²) < 4.78 is 13.6. The predicted octanol–water partition coefficient (Wildman–Crippen LogP) is 3.63. The molecule has 0 aromatic heterocycles. The normalized spacial score (nSPS) is 19.4. The highest BCUT2D eigenvalue weighted by molar-refractivity contribution is 6.05. The Morgan fingerprint density at radius 1 is 0.947 bits per heavy atom. The van der Waals surface area contributed by atoms with Gasteiger partial charge in [-0.2, -0.15) is 0 Å². The van der Waals surface area contributed by atoms with Crippen LogP contribution in [0.25, 0.3) is 0 Å². The number of allylic oxidation sites excluding steroid dienone is 2. The van der Waals surface area contributed by atoms with Crippen molar-refractivity contribution in [1.29, 1.82) is 0 Å². The molecule has 8 heteroatoms. The van der Waals surface area contributed by atoms with Gasteiger partial charge in [0.1, 0.15) is 11.9 Å². The number of fused-ring (bicyclic) bond motifs is 1. The molecule has 3 atom stereocenters. The molecule has 0 saturated carbocycles. The third kappa shape index (κ3) is 6.36. The van der Waals surface area contributed by atoms with Gasteiger partial charge < -0.3 is 10.2 Å². The molecular formula is C30H34FN3O4. The fourth-order valence-corrected chi connectivity index (χ4v) is 5.16. The lowest BCUT2D eigenvalue weighted by atomic mass is 9.85. The number of carbonyl (C=O) groups is 4. The van der Waals surface area contributed by atoms with Crippen molar-refractivity contribution in [2.24, 2.45) is 11.8 Å². The highest BCUT2D eigenvalue weighted by Crippen LogP contribution is 2.35. The van der Waals surface area contributed by atoms with Gasteiger partial charge in [-0.05, 0) is 49.9 Å². The van der Waals surface area contributed by atoms with E-state index in [1.54, 1.807) is 12.1 Å². The molecule has 0 bridgehead atoms. The van der Waals surface area contributed by atoms with Crippen molar-refractivity contribution >= 4 is 23.6 Å². The van der Waals surface area contributed by atoms with Crippen LogP contribution < -0.4 is 5.32 Å². The molecule has 0 unspecified atom stereocenters. The molecule has 38 heavy (non-hydrogen) atoms. The van der Waals surface area contributed by atoms with E-state index >= 15 is 0 Å². The smallest absolute Gasteiger partial charge is 0.243 e. The SMILES string of the molecule is CC(C)NC(=O)[C@@H](Cc1ccccc1)N(Cc1ccc(F)cc1)C(=O)CCN1C(=O)[C@H]2CC=CC[C@H]2C1=O. The van der Waals surface area contributed by atoms with Crippen molar-refractivity contribution in [2.45, 2.75) is 58.2 Å². The molecule has 2 aromatic carbocycles. The van der Waals surface area contributed by atoms with Crippen LogP contribution in [0.1, 0.15) is 44.2 Å². The first-order chi connectivity index (χ1) is 18.2. The summed E-state index contributed by atoms with van der Waals surface area (Å²) in [5.74, 6) is -2.25. The number of amides is 4. The van der Waals surface area contributed by atoms with Crippen LogP contribution in [0.3, 0.4) is 0 Å². The van der Waals surface area contributed by atoms with Gasteiger partial charge in [0.25, 0.3) is 0 Å². The van der Waals surface area contributed by atoms with E-state index in [1.165, 1.54) is 21.9 Å². The summed E-state index contributed by atoms with van der Waals surface area (Å²) in [6.07, 6.45) is 5.09. The van der Waals surface area contributed by atoms with Gasteiger partial charge in [-0.3, -0.25) is 24.1 Å². The minimum Gasteiger partial charge on any atom is -0.352 e. The minimum absolute atomic E-state index is 0.0344. The Labute approximate surface area is 222 Å². The molecule has 1 N–H and O–H groups in total. The lowest BCUT2D eigenvalue weighted by Gasteiger charge is -2.32. The Balaban J connectivity index is 1.58. The van der Waals surface area contributed by atoms with Gasteiger partial charge in [0, 0.05) is 32.0 Å². The number of hydrogen-bond acceptors (Lipinski definition) is 4. The minimum atomic E-state index is -0.839. The molecule has 1 heterocycles. The number of carbonyl (C=O) groups excluding carboxylic acids is 4. The first-order valence-electron chi connectivity index (χ1n) is 13.1. The van der Waals surface area contributed by atoms with Gasteiger partial charge in [-0.15, -0.1) is 0 Å². The van der Waals surface area contributed by atoms with Crippen LogP contribution in [0.15, 0.2) is 66.7 Å². The standard InChI is InChI=1S/C30H34FN3O4/c1-20(2)32-28(36)26(18-21-8-4-3-5-9-21)34(19-22-12-14-23(31)15-13-22)27(35)16-17-33-29(37)24-10-6-7-11-25(24)30(33)38/h3-9,12-15,20,24-26H,10-11,16-19H2,1-2H3,(H,32,36)/t24-,25+,26-/m1/s1. The van der Waals surface area contributed by atoms with E-state index in [1.807, 2.05) is 56.3 Å². The number of halogens is 1. The molecule has 200 valence electrons. The Hall–Kier alpha value is -3.81. The van der Waals surface area contributed by atoms with E-state index in [4.69, 9.17) is 0 Å². The molecule has 0 spiro atoms. The molecule has 2 aliphatic rings. The number of nitrogens with zero attached hydrogens (tertiary/aromatic N) is 2. The fourth-order valence-electron chi connectivity index (χ4n) is 5.16. The zero-order valence-electron chi connectivity index (χ0n) is 21.8. The number of benzene rings is 2. The van der Waals surface area contributed by atoms with Crippen molar-refractivity contribution in [3.63, 3.8) is 0 Å². The van der Waals surface area contributed by atoms with E-state index < -0.39 is 11.9 Å². The summed E-state index contributed by atoms with van der Waals surface area (Å²) in [6, 6.07) is 14.2. The summed E-state index contributed by atoms with van der Waals surface area (Å²) in [7, 11) is 0. The van der Waals surface area contributed by atoms with E-state index in [0.29, 0.717) is 18.4 Å². The Morgan fingerprint density at radius 3 is 2.13 bits per heavy atom. The maximum atomic E-state index is 13.7. The van der Waals surface area contributed by atoms with Gasteiger partial charge in [0.15, 0.2) is 0 Å². The van der Waals surface area contributed by atoms with Gasteiger partial charge in [-0.25, -0.2) is 4.39 Å². The average Bonchev–Trinajstić information content (AvgIpc) is 3.15. The van der Waals surface area contributed by atoms with Crippen molar-refractivity contribution in [3.05, 3.63) is 83.7 Å². The van der Waals surface area contributed by atoms with E-state index in [0.717, 1.165) is 5.56 Å². The lowest BCUT2D eigenvalue weighted by molar-refractivity contribution is -0.144. The fraction of sp³-hybridized carbons (Fsp3) is 0.400. The molecule has 4 amide bonds. The highest BCUT2D eigenvalue weighted by Gasteiger charge is 2.47. The summed E-state index contributed by atoms with van der Waals surface area (Å²) in [5.41, 5.74) is 1.55. The maximum absolute atomic E-state index is 13.7. The second-order valence-corrected chi connectivity index (χ2v) is 10.3. The molecule has 4 rings (SSSR count). The third-order valence-corrected chi connectivity index (χ3v) is 7.12. The van der Waals surface area contributed by atoms with Crippen LogP contribution in [-0.2, 0) is 32.1 Å². The molecule has 1 saturated heterocycles. The highest BCUT2D eigenvalue weighted by atomic mass is 19.1. The molecule has 0 radical (unpaired) electrons. The number of imide groups is 1. The Bertz CT molecular complexity index is 1170. The second-order valence-electron chi connectivity index (χ2n) is 10.3. The predicted molar refractivity (Wildman–Crippen MR) is 141 cm³/mol. The molecule has 2 aromatic rings. The Kier molecular flexibility index (Phi) is 8.71. The molecule has 1 fully saturated rings. The van der Waals surface area contributed by atoms with Gasteiger partial charge in [-0.1, -0.05) is 54.6 Å². The van der Waals surface area contributed by atoms with Gasteiger partial charge in [0.2, 0.25) is 23.6 Å². The summed E-state index contributed by atoms with van der Waals surface area (Å²) >= 11 is 0. The molecule has 1 aliphatic heterocycles. The van der Waals surface area contributed by atoms with Crippen molar-refractivity contribution in [2.75, 3.05) is 6.54 Å². The lowest BCUT2D eigenvalue weighted by Crippen LogP contribution is -2.52. The number of hydrogen-bond donors (Lipinski definition) is 1. The van der Waals surface area contributed by atoms with Crippen LogP contribution in [0, 0.1) is 17.7 Å². The Morgan fingerprint density at radius 2 is 1.55 bits per heavy atom. The first-order valence-corrected chi connectivity index (χ1v) is 13.1. The second kappa shape index (κ2) is 12.2. The average molecular weight is 520 g/mol. The number of likely N-dealkylation sites (tertiary alicyclic amines) is 1. The van der Waals surface area contributed by atoms with E-state index in [2.05, 4.69) is 5.32 Å². The van der Waals surface area contributed by atoms with Gasteiger partial charge >= 0.3 is 0 Å². The van der Waals surface area contributed by atoms with Crippen molar-refractivity contribution < 1.29 is 23.6 Å². The summed E-state index contributed by atoms with van der Waals surface area (Å²) in [5, 5.41) is 2.92. The maximum Gasteiger partial charge on any atom is 0.243 e. The van der Waals surface area contributed by atoms with E-state index in [-0.39, 0.29) is 67.4 Å². The van der Waals surface area contributed by atoms with Crippen LogP contribution >= 0.6 is 0 Å². The monoisotopic (exact) mass is 519 g/mol. The van der Waals surface area contributed by atoms with Crippen molar-refractivity contribution in [1.82, 2.24) is 15.1 Å². The third-order valence-electron chi connectivity index (χ3n) is 7.12. The van der Waals surface area contributed by atoms with Crippen LogP contribution in [0.4, 0.5) is 4.39 Å². The zero-order valence-corrected chi connectivity index (χ0v) is 21.8. The molecular weight excluding hydrogens is 485 g/mol. The summed E-state index contributed by atoms with van der Waals surface area (Å²) in [4.78, 5) is 55.6. The van der Waals surface area contributed by atoms with E-state index in [9.17, 15) is 23.6 Å². The van der Waals surface area contributed by atoms with Gasteiger partial charge in [0.05, 0.1) is 11.8 Å². The summed E-state index contributed by atoms with van der Waals surface area (Å²) in [6.45, 7) is 3.75. The zero-order chi connectivity index (χ0) is 27.2. The molecule has 7 nitrogen and oxygen atoms in total. The number of rotatable bonds is 10.